The maximum atomic E-state index is 12.8. The minimum Gasteiger partial charge on any atom is -0.496 e. The van der Waals surface area contributed by atoms with E-state index in [2.05, 4.69) is 6.92 Å². The number of carbonyl (C=O) groups is 2. The van der Waals surface area contributed by atoms with Gasteiger partial charge in [0.15, 0.2) is 0 Å². The van der Waals surface area contributed by atoms with E-state index in [-0.39, 0.29) is 17.7 Å². The van der Waals surface area contributed by atoms with Crippen LogP contribution in [0.5, 0.6) is 5.75 Å². The topological polar surface area (TPSA) is 49.9 Å². The van der Waals surface area contributed by atoms with Gasteiger partial charge in [-0.25, -0.2) is 0 Å². The molecule has 1 aromatic rings. The lowest BCUT2D eigenvalue weighted by atomic mass is 10.1. The molecule has 1 aromatic carbocycles. The maximum absolute atomic E-state index is 12.8. The minimum atomic E-state index is -0.0196. The van der Waals surface area contributed by atoms with Crippen molar-refractivity contribution in [3.63, 3.8) is 0 Å². The number of methoxy groups -OCH3 is 1. The summed E-state index contributed by atoms with van der Waals surface area (Å²) in [6, 6.07) is 5.74. The van der Waals surface area contributed by atoms with Gasteiger partial charge in [-0.3, -0.25) is 9.59 Å². The van der Waals surface area contributed by atoms with E-state index in [1.165, 1.54) is 0 Å². The quantitative estimate of drug-likeness (QED) is 0.855. The Kier molecular flexibility index (Phi) is 5.64. The van der Waals surface area contributed by atoms with Crippen LogP contribution >= 0.6 is 0 Å². The number of rotatable bonds is 4. The highest BCUT2D eigenvalue weighted by atomic mass is 16.5. The lowest BCUT2D eigenvalue weighted by Crippen LogP contribution is -2.51. The Hall–Kier alpha value is -2.04. The van der Waals surface area contributed by atoms with Crippen molar-refractivity contribution >= 4 is 11.8 Å². The Bertz CT molecular complexity index is 576. The van der Waals surface area contributed by atoms with Gasteiger partial charge in [0.1, 0.15) is 5.75 Å². The summed E-state index contributed by atoms with van der Waals surface area (Å²) in [6.45, 7) is 8.19. The highest BCUT2D eigenvalue weighted by Gasteiger charge is 2.27. The van der Waals surface area contributed by atoms with Crippen molar-refractivity contribution < 1.29 is 14.3 Å². The first-order chi connectivity index (χ1) is 11.0. The van der Waals surface area contributed by atoms with Gasteiger partial charge in [0.05, 0.1) is 12.7 Å². The predicted molar refractivity (Wildman–Crippen MR) is 89.7 cm³/mol. The minimum absolute atomic E-state index is 0.00131. The fraction of sp³-hybridized carbons (Fsp3) is 0.556. The molecule has 1 fully saturated rings. The zero-order chi connectivity index (χ0) is 17.0. The van der Waals surface area contributed by atoms with Crippen LogP contribution in [0.15, 0.2) is 18.2 Å². The fourth-order valence-electron chi connectivity index (χ4n) is 2.81. The van der Waals surface area contributed by atoms with Crippen LogP contribution in [-0.2, 0) is 11.2 Å². The Balaban J connectivity index is 2.09. The molecular formula is C18H26N2O3. The number of ether oxygens (including phenoxy) is 1. The summed E-state index contributed by atoms with van der Waals surface area (Å²) in [5, 5.41) is 0. The number of benzene rings is 1. The van der Waals surface area contributed by atoms with Crippen LogP contribution in [0.4, 0.5) is 0 Å². The number of hydrogen-bond acceptors (Lipinski definition) is 3. The van der Waals surface area contributed by atoms with Crippen molar-refractivity contribution in [2.75, 3.05) is 33.3 Å². The summed E-state index contributed by atoms with van der Waals surface area (Å²) in [4.78, 5) is 28.5. The van der Waals surface area contributed by atoms with E-state index in [0.717, 1.165) is 12.0 Å². The highest BCUT2D eigenvalue weighted by molar-refractivity contribution is 5.97. The van der Waals surface area contributed by atoms with E-state index in [1.54, 1.807) is 12.0 Å². The molecule has 5 heteroatoms. The molecular weight excluding hydrogens is 292 g/mol. The molecule has 1 aliphatic heterocycles. The van der Waals surface area contributed by atoms with Crippen LogP contribution in [0.3, 0.4) is 0 Å². The van der Waals surface area contributed by atoms with Crippen LogP contribution < -0.4 is 4.74 Å². The molecule has 0 radical (unpaired) electrons. The molecule has 2 rings (SSSR count). The lowest BCUT2D eigenvalue weighted by Gasteiger charge is -2.35. The van der Waals surface area contributed by atoms with E-state index in [1.807, 2.05) is 36.9 Å². The first-order valence-electron chi connectivity index (χ1n) is 8.22. The van der Waals surface area contributed by atoms with Gasteiger partial charge in [-0.05, 0) is 24.1 Å². The zero-order valence-corrected chi connectivity index (χ0v) is 14.5. The largest absolute Gasteiger partial charge is 0.496 e. The lowest BCUT2D eigenvalue weighted by molar-refractivity contribution is -0.135. The Morgan fingerprint density at radius 2 is 1.74 bits per heavy atom. The molecule has 1 aliphatic rings. The third kappa shape index (κ3) is 3.84. The van der Waals surface area contributed by atoms with Crippen molar-refractivity contribution in [3.8, 4) is 5.75 Å². The second kappa shape index (κ2) is 7.49. The van der Waals surface area contributed by atoms with Crippen molar-refractivity contribution in [2.24, 2.45) is 5.92 Å². The second-order valence-electron chi connectivity index (χ2n) is 6.16. The normalized spacial score (nSPS) is 15.0. The Morgan fingerprint density at radius 3 is 2.26 bits per heavy atom. The summed E-state index contributed by atoms with van der Waals surface area (Å²) in [6.07, 6.45) is 0.876. The smallest absolute Gasteiger partial charge is 0.257 e. The van der Waals surface area contributed by atoms with Gasteiger partial charge in [-0.2, -0.15) is 0 Å². The van der Waals surface area contributed by atoms with Crippen LogP contribution in [0, 0.1) is 5.92 Å². The summed E-state index contributed by atoms with van der Waals surface area (Å²) >= 11 is 0. The number of amides is 2. The first-order valence-corrected chi connectivity index (χ1v) is 8.22. The molecule has 0 unspecified atom stereocenters. The average Bonchev–Trinajstić information content (AvgIpc) is 2.59. The molecule has 0 aliphatic carbocycles. The number of hydrogen-bond donors (Lipinski definition) is 0. The van der Waals surface area contributed by atoms with Gasteiger partial charge in [-0.1, -0.05) is 26.8 Å². The first kappa shape index (κ1) is 17.3. The van der Waals surface area contributed by atoms with Crippen LogP contribution in [0.25, 0.3) is 0 Å². The summed E-state index contributed by atoms with van der Waals surface area (Å²) in [5.41, 5.74) is 1.72. The molecule has 0 atom stereocenters. The maximum Gasteiger partial charge on any atom is 0.257 e. The summed E-state index contributed by atoms with van der Waals surface area (Å²) in [7, 11) is 1.58. The van der Waals surface area contributed by atoms with E-state index < -0.39 is 0 Å². The van der Waals surface area contributed by atoms with Gasteiger partial charge in [0.2, 0.25) is 5.91 Å². The SMILES string of the molecule is CCc1ccc(OC)c(C(=O)N2CCN(C(=O)C(C)C)CC2)c1. The average molecular weight is 318 g/mol. The zero-order valence-electron chi connectivity index (χ0n) is 14.5. The van der Waals surface area contributed by atoms with Gasteiger partial charge >= 0.3 is 0 Å². The van der Waals surface area contributed by atoms with Crippen LogP contribution in [0.1, 0.15) is 36.7 Å². The van der Waals surface area contributed by atoms with Gasteiger partial charge in [0.25, 0.3) is 5.91 Å². The van der Waals surface area contributed by atoms with Crippen molar-refractivity contribution in [3.05, 3.63) is 29.3 Å². The molecule has 5 nitrogen and oxygen atoms in total. The van der Waals surface area contributed by atoms with Crippen molar-refractivity contribution in [1.29, 1.82) is 0 Å². The third-order valence-corrected chi connectivity index (χ3v) is 4.28. The molecule has 0 aromatic heterocycles. The summed E-state index contributed by atoms with van der Waals surface area (Å²) < 4.78 is 5.34. The summed E-state index contributed by atoms with van der Waals surface area (Å²) in [5.74, 6) is 0.739. The van der Waals surface area contributed by atoms with Crippen molar-refractivity contribution in [1.82, 2.24) is 9.80 Å². The molecule has 23 heavy (non-hydrogen) atoms. The molecule has 2 amide bonds. The molecule has 0 saturated carbocycles. The van der Waals surface area contributed by atoms with E-state index >= 15 is 0 Å². The molecule has 126 valence electrons. The standard InChI is InChI=1S/C18H26N2O3/c1-5-14-6-7-16(23-4)15(12-14)18(22)20-10-8-19(9-11-20)17(21)13(2)3/h6-7,12-13H,5,8-11H2,1-4H3. The van der Waals surface area contributed by atoms with Gasteiger partial charge in [0, 0.05) is 32.1 Å². The van der Waals surface area contributed by atoms with Gasteiger partial charge < -0.3 is 14.5 Å². The monoisotopic (exact) mass is 318 g/mol. The highest BCUT2D eigenvalue weighted by Crippen LogP contribution is 2.23. The number of aryl methyl sites for hydroxylation is 1. The molecule has 1 heterocycles. The number of carbonyl (C=O) groups excluding carboxylic acids is 2. The number of piperazine rings is 1. The molecule has 0 N–H and O–H groups in total. The number of nitrogens with zero attached hydrogens (tertiary/aromatic N) is 2. The third-order valence-electron chi connectivity index (χ3n) is 4.28. The van der Waals surface area contributed by atoms with E-state index in [0.29, 0.717) is 37.5 Å². The van der Waals surface area contributed by atoms with Crippen LogP contribution in [-0.4, -0.2) is 54.9 Å². The Labute approximate surface area is 138 Å². The van der Waals surface area contributed by atoms with Gasteiger partial charge in [-0.15, -0.1) is 0 Å². The van der Waals surface area contributed by atoms with Crippen molar-refractivity contribution in [2.45, 2.75) is 27.2 Å². The van der Waals surface area contributed by atoms with E-state index in [4.69, 9.17) is 4.74 Å². The second-order valence-corrected chi connectivity index (χ2v) is 6.16. The Morgan fingerprint density at radius 1 is 1.13 bits per heavy atom. The molecule has 1 saturated heterocycles. The van der Waals surface area contributed by atoms with E-state index in [9.17, 15) is 9.59 Å². The molecule has 0 spiro atoms. The molecule has 0 bridgehead atoms. The fourth-order valence-corrected chi connectivity index (χ4v) is 2.81. The van der Waals surface area contributed by atoms with Crippen LogP contribution in [0.2, 0.25) is 0 Å². The predicted octanol–water partition coefficient (Wildman–Crippen LogP) is 2.20.